The molecule has 0 aliphatic carbocycles. The van der Waals surface area contributed by atoms with Crippen molar-refractivity contribution in [3.8, 4) is 22.8 Å². The van der Waals surface area contributed by atoms with Gasteiger partial charge in [0.1, 0.15) is 22.8 Å². The Hall–Kier alpha value is -2.75. The summed E-state index contributed by atoms with van der Waals surface area (Å²) in [7, 11) is 0. The third-order valence-electron chi connectivity index (χ3n) is 3.99. The summed E-state index contributed by atoms with van der Waals surface area (Å²) in [5, 5.41) is 10.7. The van der Waals surface area contributed by atoms with E-state index in [1.54, 1.807) is 12.1 Å². The van der Waals surface area contributed by atoms with Gasteiger partial charge in [-0.05, 0) is 44.5 Å². The quantitative estimate of drug-likeness (QED) is 0.718. The number of para-hydroxylation sites is 1. The zero-order valence-corrected chi connectivity index (χ0v) is 14.7. The second kappa shape index (κ2) is 7.01. The second-order valence-electron chi connectivity index (χ2n) is 6.33. The van der Waals surface area contributed by atoms with E-state index in [2.05, 4.69) is 0 Å². The Balaban J connectivity index is 2.25. The molecule has 0 amide bonds. The van der Waals surface area contributed by atoms with E-state index in [9.17, 15) is 9.90 Å². The Morgan fingerprint density at radius 1 is 1.16 bits per heavy atom. The second-order valence-corrected chi connectivity index (χ2v) is 6.33. The number of phenols is 1. The first kappa shape index (κ1) is 17.1. The van der Waals surface area contributed by atoms with Crippen LogP contribution in [0.5, 0.6) is 11.5 Å². The number of aryl methyl sites for hydroxylation is 1. The highest BCUT2D eigenvalue weighted by Gasteiger charge is 2.16. The minimum Gasteiger partial charge on any atom is -0.508 e. The van der Waals surface area contributed by atoms with Gasteiger partial charge in [0.05, 0.1) is 17.1 Å². The molecule has 4 nitrogen and oxygen atoms in total. The Morgan fingerprint density at radius 2 is 1.92 bits per heavy atom. The third kappa shape index (κ3) is 3.38. The molecule has 0 aliphatic rings. The SMILES string of the molecule is CCCc1c(O)ccc2c(=O)cc(-c3ccccc3OC(C)C)oc12. The van der Waals surface area contributed by atoms with Gasteiger partial charge in [0.2, 0.25) is 0 Å². The van der Waals surface area contributed by atoms with Gasteiger partial charge in [-0.2, -0.15) is 0 Å². The maximum absolute atomic E-state index is 12.6. The lowest BCUT2D eigenvalue weighted by Crippen LogP contribution is -2.07. The van der Waals surface area contributed by atoms with Crippen molar-refractivity contribution in [1.82, 2.24) is 0 Å². The summed E-state index contributed by atoms with van der Waals surface area (Å²) in [6.07, 6.45) is 1.49. The first-order valence-corrected chi connectivity index (χ1v) is 8.56. The molecule has 3 rings (SSSR count). The molecule has 0 unspecified atom stereocenters. The molecule has 0 aliphatic heterocycles. The standard InChI is InChI=1S/C21H22O4/c1-4-7-14-17(22)11-10-15-18(23)12-20(25-21(14)15)16-8-5-6-9-19(16)24-13(2)3/h5-6,8-13,22H,4,7H2,1-3H3. The largest absolute Gasteiger partial charge is 0.508 e. The molecule has 0 atom stereocenters. The van der Waals surface area contributed by atoms with Crippen molar-refractivity contribution < 1.29 is 14.3 Å². The zero-order chi connectivity index (χ0) is 18.0. The molecule has 25 heavy (non-hydrogen) atoms. The molecule has 0 bridgehead atoms. The average molecular weight is 338 g/mol. The highest BCUT2D eigenvalue weighted by Crippen LogP contribution is 2.34. The van der Waals surface area contributed by atoms with Crippen molar-refractivity contribution in [2.24, 2.45) is 0 Å². The summed E-state index contributed by atoms with van der Waals surface area (Å²) >= 11 is 0. The first-order valence-electron chi connectivity index (χ1n) is 8.56. The van der Waals surface area contributed by atoms with Gasteiger partial charge in [-0.25, -0.2) is 0 Å². The molecule has 2 aromatic carbocycles. The minimum absolute atomic E-state index is 0.00743. The first-order chi connectivity index (χ1) is 12.0. The molecule has 130 valence electrons. The van der Waals surface area contributed by atoms with E-state index in [1.165, 1.54) is 6.07 Å². The lowest BCUT2D eigenvalue weighted by molar-refractivity contribution is 0.243. The summed E-state index contributed by atoms with van der Waals surface area (Å²) in [6.45, 7) is 5.92. The van der Waals surface area contributed by atoms with E-state index in [4.69, 9.17) is 9.15 Å². The third-order valence-corrected chi connectivity index (χ3v) is 3.99. The summed E-state index contributed by atoms with van der Waals surface area (Å²) in [5.41, 5.74) is 1.71. The van der Waals surface area contributed by atoms with E-state index in [0.717, 1.165) is 12.0 Å². The van der Waals surface area contributed by atoms with Crippen molar-refractivity contribution in [1.29, 1.82) is 0 Å². The number of ether oxygens (including phenoxy) is 1. The number of hydrogen-bond donors (Lipinski definition) is 1. The molecule has 3 aromatic rings. The number of fused-ring (bicyclic) bond motifs is 1. The van der Waals surface area contributed by atoms with Crippen LogP contribution in [-0.4, -0.2) is 11.2 Å². The van der Waals surface area contributed by atoms with Gasteiger partial charge in [0, 0.05) is 11.6 Å². The topological polar surface area (TPSA) is 59.7 Å². The van der Waals surface area contributed by atoms with Crippen LogP contribution in [0.25, 0.3) is 22.3 Å². The molecular formula is C21H22O4. The van der Waals surface area contributed by atoms with Crippen LogP contribution in [0.3, 0.4) is 0 Å². The molecule has 0 spiro atoms. The summed E-state index contributed by atoms with van der Waals surface area (Å²) < 4.78 is 11.9. The Bertz CT molecular complexity index is 954. The van der Waals surface area contributed by atoms with E-state index < -0.39 is 0 Å². The maximum Gasteiger partial charge on any atom is 0.193 e. The van der Waals surface area contributed by atoms with E-state index >= 15 is 0 Å². The average Bonchev–Trinajstić information content (AvgIpc) is 2.57. The van der Waals surface area contributed by atoms with Gasteiger partial charge < -0.3 is 14.3 Å². The van der Waals surface area contributed by atoms with Gasteiger partial charge in [-0.3, -0.25) is 4.79 Å². The van der Waals surface area contributed by atoms with E-state index in [1.807, 2.05) is 45.0 Å². The van der Waals surface area contributed by atoms with Gasteiger partial charge in [-0.15, -0.1) is 0 Å². The molecule has 1 aromatic heterocycles. The number of phenolic OH excluding ortho intramolecular Hbond substituents is 1. The van der Waals surface area contributed by atoms with Crippen LogP contribution in [0.15, 0.2) is 51.7 Å². The van der Waals surface area contributed by atoms with Gasteiger partial charge in [-0.1, -0.05) is 25.5 Å². The highest BCUT2D eigenvalue weighted by molar-refractivity contribution is 5.84. The van der Waals surface area contributed by atoms with E-state index in [0.29, 0.717) is 34.5 Å². The van der Waals surface area contributed by atoms with Gasteiger partial charge in [0.25, 0.3) is 0 Å². The van der Waals surface area contributed by atoms with Crippen molar-refractivity contribution in [2.45, 2.75) is 39.7 Å². The predicted molar refractivity (Wildman–Crippen MR) is 99.3 cm³/mol. The van der Waals surface area contributed by atoms with Gasteiger partial charge in [0.15, 0.2) is 5.43 Å². The lowest BCUT2D eigenvalue weighted by atomic mass is 10.0. The van der Waals surface area contributed by atoms with Crippen LogP contribution in [-0.2, 0) is 6.42 Å². The van der Waals surface area contributed by atoms with Crippen molar-refractivity contribution in [3.05, 3.63) is 58.3 Å². The molecule has 0 saturated heterocycles. The fourth-order valence-electron chi connectivity index (χ4n) is 2.92. The van der Waals surface area contributed by atoms with Crippen LogP contribution in [0.2, 0.25) is 0 Å². The van der Waals surface area contributed by atoms with Crippen LogP contribution < -0.4 is 10.2 Å². The summed E-state index contributed by atoms with van der Waals surface area (Å²) in [4.78, 5) is 12.6. The Morgan fingerprint density at radius 3 is 2.64 bits per heavy atom. The normalized spacial score (nSPS) is 11.2. The fourth-order valence-corrected chi connectivity index (χ4v) is 2.92. The maximum atomic E-state index is 12.6. The zero-order valence-electron chi connectivity index (χ0n) is 14.7. The van der Waals surface area contributed by atoms with E-state index in [-0.39, 0.29) is 17.3 Å². The molecule has 1 heterocycles. The minimum atomic E-state index is -0.132. The van der Waals surface area contributed by atoms with Crippen molar-refractivity contribution >= 4 is 11.0 Å². The van der Waals surface area contributed by atoms with Crippen LogP contribution >= 0.6 is 0 Å². The predicted octanol–water partition coefficient (Wildman–Crippen LogP) is 4.91. The molecular weight excluding hydrogens is 316 g/mol. The number of rotatable bonds is 5. The number of hydrogen-bond acceptors (Lipinski definition) is 4. The Labute approximate surface area is 146 Å². The van der Waals surface area contributed by atoms with Crippen LogP contribution in [0.4, 0.5) is 0 Å². The molecule has 1 N–H and O–H groups in total. The van der Waals surface area contributed by atoms with Crippen LogP contribution in [0, 0.1) is 0 Å². The van der Waals surface area contributed by atoms with Crippen LogP contribution in [0.1, 0.15) is 32.8 Å². The summed E-state index contributed by atoms with van der Waals surface area (Å²) in [6, 6.07) is 12.1. The highest BCUT2D eigenvalue weighted by atomic mass is 16.5. The lowest BCUT2D eigenvalue weighted by Gasteiger charge is -2.14. The fraction of sp³-hybridized carbons (Fsp3) is 0.286. The van der Waals surface area contributed by atoms with Crippen molar-refractivity contribution in [3.63, 3.8) is 0 Å². The monoisotopic (exact) mass is 338 g/mol. The van der Waals surface area contributed by atoms with Crippen molar-refractivity contribution in [2.75, 3.05) is 0 Å². The Kier molecular flexibility index (Phi) is 4.79. The molecule has 0 saturated carbocycles. The molecule has 4 heteroatoms. The number of benzene rings is 2. The molecule has 0 fully saturated rings. The number of aromatic hydroxyl groups is 1. The summed E-state index contributed by atoms with van der Waals surface area (Å²) in [5.74, 6) is 1.26. The molecule has 0 radical (unpaired) electrons. The smallest absolute Gasteiger partial charge is 0.193 e. The van der Waals surface area contributed by atoms with Gasteiger partial charge >= 0.3 is 0 Å².